The number of amides is 1. The lowest BCUT2D eigenvalue weighted by Crippen LogP contribution is -2.24. The number of aryl methyl sites for hydroxylation is 2. The summed E-state index contributed by atoms with van der Waals surface area (Å²) in [4.78, 5) is 13.4. The minimum absolute atomic E-state index is 0.186. The standard InChI is InChI=1S/C11H13BrN4OS/c1-5(12)4-14-10(17)9-8(13)7-6(2)15-16(3)11(7)18-9/h1,4,13H2,2-3H3,(H,14,17). The fourth-order valence-electron chi connectivity index (χ4n) is 1.75. The lowest BCUT2D eigenvalue weighted by Gasteiger charge is -2.02. The first-order valence-electron chi connectivity index (χ1n) is 5.25. The van der Waals surface area contributed by atoms with Crippen molar-refractivity contribution in [3.63, 3.8) is 0 Å². The van der Waals surface area contributed by atoms with Crippen LogP contribution in [0, 0.1) is 6.92 Å². The Morgan fingerprint density at radius 3 is 2.89 bits per heavy atom. The van der Waals surface area contributed by atoms with Crippen LogP contribution in [0.5, 0.6) is 0 Å². The highest BCUT2D eigenvalue weighted by Crippen LogP contribution is 2.35. The smallest absolute Gasteiger partial charge is 0.263 e. The minimum atomic E-state index is -0.186. The quantitative estimate of drug-likeness (QED) is 0.906. The number of carbonyl (C=O) groups excluding carboxylic acids is 1. The molecule has 0 aliphatic carbocycles. The van der Waals surface area contributed by atoms with E-state index >= 15 is 0 Å². The predicted octanol–water partition coefficient (Wildman–Crippen LogP) is 2.16. The van der Waals surface area contributed by atoms with Crippen LogP contribution in [0.25, 0.3) is 10.2 Å². The SMILES string of the molecule is C=C(Br)CNC(=O)c1sc2c(c(C)nn2C)c1N. The van der Waals surface area contributed by atoms with Crippen molar-refractivity contribution in [2.24, 2.45) is 7.05 Å². The van der Waals surface area contributed by atoms with Crippen molar-refractivity contribution >= 4 is 49.1 Å². The average molecular weight is 329 g/mol. The van der Waals surface area contributed by atoms with Crippen molar-refractivity contribution in [3.05, 3.63) is 21.6 Å². The van der Waals surface area contributed by atoms with Gasteiger partial charge in [-0.05, 0) is 6.92 Å². The van der Waals surface area contributed by atoms with E-state index in [0.717, 1.165) is 15.9 Å². The largest absolute Gasteiger partial charge is 0.397 e. The summed E-state index contributed by atoms with van der Waals surface area (Å²) in [5.41, 5.74) is 7.36. The number of anilines is 1. The Labute approximate surface area is 117 Å². The number of carbonyl (C=O) groups is 1. The maximum absolute atomic E-state index is 12.0. The van der Waals surface area contributed by atoms with E-state index in [1.54, 1.807) is 4.68 Å². The number of nitrogens with one attached hydrogen (secondary N) is 1. The van der Waals surface area contributed by atoms with E-state index in [9.17, 15) is 4.79 Å². The third-order valence-corrected chi connectivity index (χ3v) is 4.08. The molecule has 2 rings (SSSR count). The van der Waals surface area contributed by atoms with Crippen molar-refractivity contribution in [1.29, 1.82) is 0 Å². The summed E-state index contributed by atoms with van der Waals surface area (Å²) in [6, 6.07) is 0. The molecule has 2 heterocycles. The highest BCUT2D eigenvalue weighted by atomic mass is 79.9. The van der Waals surface area contributed by atoms with Crippen LogP contribution in [-0.4, -0.2) is 22.2 Å². The van der Waals surface area contributed by atoms with Crippen molar-refractivity contribution in [2.75, 3.05) is 12.3 Å². The number of thiophene rings is 1. The van der Waals surface area contributed by atoms with Crippen LogP contribution in [0.3, 0.4) is 0 Å². The number of nitrogens with zero attached hydrogens (tertiary/aromatic N) is 2. The Hall–Kier alpha value is -1.34. The van der Waals surface area contributed by atoms with Gasteiger partial charge >= 0.3 is 0 Å². The fourth-order valence-corrected chi connectivity index (χ4v) is 3.00. The van der Waals surface area contributed by atoms with Gasteiger partial charge in [0.15, 0.2) is 0 Å². The molecule has 96 valence electrons. The van der Waals surface area contributed by atoms with Gasteiger partial charge in [0, 0.05) is 18.1 Å². The molecule has 0 fully saturated rings. The van der Waals surface area contributed by atoms with E-state index in [1.165, 1.54) is 11.3 Å². The van der Waals surface area contributed by atoms with Crippen LogP contribution in [0.15, 0.2) is 11.1 Å². The first kappa shape index (κ1) is 13.1. The second-order valence-electron chi connectivity index (χ2n) is 3.93. The molecule has 0 aliphatic heterocycles. The summed E-state index contributed by atoms with van der Waals surface area (Å²) in [5, 5.41) is 7.89. The molecule has 0 unspecified atom stereocenters. The number of aromatic nitrogens is 2. The molecular weight excluding hydrogens is 316 g/mol. The van der Waals surface area contributed by atoms with Crippen molar-refractivity contribution in [3.8, 4) is 0 Å². The predicted molar refractivity (Wildman–Crippen MR) is 78.1 cm³/mol. The Morgan fingerprint density at radius 1 is 1.67 bits per heavy atom. The zero-order valence-corrected chi connectivity index (χ0v) is 12.5. The van der Waals surface area contributed by atoms with Gasteiger partial charge in [0.2, 0.25) is 0 Å². The van der Waals surface area contributed by atoms with Crippen molar-refractivity contribution in [2.45, 2.75) is 6.92 Å². The lowest BCUT2D eigenvalue weighted by atomic mass is 10.2. The summed E-state index contributed by atoms with van der Waals surface area (Å²) in [5.74, 6) is -0.186. The molecule has 0 saturated carbocycles. The van der Waals surface area contributed by atoms with Gasteiger partial charge in [-0.1, -0.05) is 22.5 Å². The number of rotatable bonds is 3. The molecule has 3 N–H and O–H groups in total. The highest BCUT2D eigenvalue weighted by Gasteiger charge is 2.20. The van der Waals surface area contributed by atoms with E-state index in [2.05, 4.69) is 32.9 Å². The molecule has 0 aromatic carbocycles. The first-order chi connectivity index (χ1) is 8.41. The zero-order valence-electron chi connectivity index (χ0n) is 10.1. The van der Waals surface area contributed by atoms with Crippen LogP contribution < -0.4 is 11.1 Å². The molecule has 5 nitrogen and oxygen atoms in total. The minimum Gasteiger partial charge on any atom is -0.397 e. The van der Waals surface area contributed by atoms with E-state index in [1.807, 2.05) is 14.0 Å². The normalized spacial score (nSPS) is 10.8. The van der Waals surface area contributed by atoms with E-state index in [0.29, 0.717) is 21.6 Å². The molecule has 0 atom stereocenters. The molecule has 0 saturated heterocycles. The summed E-state index contributed by atoms with van der Waals surface area (Å²) in [6.45, 7) is 5.93. The zero-order chi connectivity index (χ0) is 13.4. The van der Waals surface area contributed by atoms with Crippen molar-refractivity contribution in [1.82, 2.24) is 15.1 Å². The second kappa shape index (κ2) is 4.74. The van der Waals surface area contributed by atoms with Gasteiger partial charge in [0.25, 0.3) is 5.91 Å². The maximum atomic E-state index is 12.0. The number of hydrogen-bond acceptors (Lipinski definition) is 4. The van der Waals surface area contributed by atoms with Crippen LogP contribution in [0.2, 0.25) is 0 Å². The number of nitrogens with two attached hydrogens (primary N) is 1. The molecule has 2 aromatic rings. The van der Waals surface area contributed by atoms with Gasteiger partial charge in [-0.2, -0.15) is 5.10 Å². The number of nitrogen functional groups attached to an aromatic ring is 1. The third kappa shape index (κ3) is 2.15. The molecule has 1 amide bonds. The Bertz CT molecular complexity index is 643. The van der Waals surface area contributed by atoms with Crippen LogP contribution in [0.1, 0.15) is 15.4 Å². The van der Waals surface area contributed by atoms with E-state index < -0.39 is 0 Å². The van der Waals surface area contributed by atoms with Crippen LogP contribution in [0.4, 0.5) is 5.69 Å². The van der Waals surface area contributed by atoms with Gasteiger partial charge in [-0.3, -0.25) is 9.48 Å². The Balaban J connectivity index is 2.40. The Morgan fingerprint density at radius 2 is 2.33 bits per heavy atom. The van der Waals surface area contributed by atoms with E-state index in [-0.39, 0.29) is 5.91 Å². The summed E-state index contributed by atoms with van der Waals surface area (Å²) < 4.78 is 2.46. The van der Waals surface area contributed by atoms with Crippen molar-refractivity contribution < 1.29 is 4.79 Å². The van der Waals surface area contributed by atoms with Gasteiger partial charge < -0.3 is 11.1 Å². The van der Waals surface area contributed by atoms with Crippen LogP contribution in [-0.2, 0) is 7.05 Å². The topological polar surface area (TPSA) is 72.9 Å². The summed E-state index contributed by atoms with van der Waals surface area (Å²) >= 11 is 4.54. The van der Waals surface area contributed by atoms with Gasteiger partial charge in [-0.15, -0.1) is 11.3 Å². The van der Waals surface area contributed by atoms with Crippen LogP contribution >= 0.6 is 27.3 Å². The Kier molecular flexibility index (Phi) is 3.45. The molecule has 0 spiro atoms. The number of fused-ring (bicyclic) bond motifs is 1. The number of halogens is 1. The molecule has 0 radical (unpaired) electrons. The first-order valence-corrected chi connectivity index (χ1v) is 6.85. The highest BCUT2D eigenvalue weighted by molar-refractivity contribution is 9.11. The van der Waals surface area contributed by atoms with Gasteiger partial charge in [0.05, 0.1) is 16.8 Å². The molecule has 7 heteroatoms. The third-order valence-electron chi connectivity index (χ3n) is 2.53. The molecular formula is C11H13BrN4OS. The summed E-state index contributed by atoms with van der Waals surface area (Å²) in [6.07, 6.45) is 0. The molecule has 18 heavy (non-hydrogen) atoms. The monoisotopic (exact) mass is 328 g/mol. The maximum Gasteiger partial charge on any atom is 0.263 e. The van der Waals surface area contributed by atoms with Gasteiger partial charge in [0.1, 0.15) is 9.71 Å². The average Bonchev–Trinajstić information content (AvgIpc) is 2.76. The second-order valence-corrected chi connectivity index (χ2v) is 6.05. The molecule has 0 aliphatic rings. The molecule has 2 aromatic heterocycles. The molecule has 0 bridgehead atoms. The summed E-state index contributed by atoms with van der Waals surface area (Å²) in [7, 11) is 1.84. The van der Waals surface area contributed by atoms with Gasteiger partial charge in [-0.25, -0.2) is 0 Å². The number of hydrogen-bond donors (Lipinski definition) is 2. The van der Waals surface area contributed by atoms with E-state index in [4.69, 9.17) is 5.73 Å². The lowest BCUT2D eigenvalue weighted by molar-refractivity contribution is 0.0962. The fraction of sp³-hybridized carbons (Fsp3) is 0.273.